The van der Waals surface area contributed by atoms with Crippen molar-refractivity contribution in [2.45, 2.75) is 19.5 Å². The molecule has 0 spiro atoms. The summed E-state index contributed by atoms with van der Waals surface area (Å²) in [5.74, 6) is 0. The molecule has 0 fully saturated rings. The summed E-state index contributed by atoms with van der Waals surface area (Å²) in [5, 5.41) is 0. The summed E-state index contributed by atoms with van der Waals surface area (Å²) in [4.78, 5) is 0. The normalized spacial score (nSPS) is 9.50. The molecular formula is C3H5F3Se2. The number of hydrogen-bond acceptors (Lipinski definition) is 0. The predicted molar refractivity (Wildman–Crippen MR) is 27.9 cm³/mol. The maximum atomic E-state index is 10.8. The molecule has 0 aromatic rings. The van der Waals surface area contributed by atoms with Crippen molar-refractivity contribution in [1.29, 1.82) is 0 Å². The molecule has 0 saturated carbocycles. The van der Waals surface area contributed by atoms with Crippen LogP contribution in [0.1, 0.15) is 13.3 Å². The van der Waals surface area contributed by atoms with Gasteiger partial charge in [-0.3, -0.25) is 0 Å². The van der Waals surface area contributed by atoms with Crippen LogP contribution in [0.3, 0.4) is 0 Å². The average Bonchev–Trinajstić information content (AvgIpc) is 1.71. The molecule has 0 aliphatic carbocycles. The Balaban J connectivity index is 0. The molecule has 0 aromatic heterocycles. The van der Waals surface area contributed by atoms with E-state index in [1.165, 1.54) is 0 Å². The summed E-state index contributed by atoms with van der Waals surface area (Å²) in [5.41, 5.74) is 0. The van der Waals surface area contributed by atoms with Gasteiger partial charge in [0.05, 0.1) is 0 Å². The zero-order valence-corrected chi connectivity index (χ0v) is 7.58. The number of hydrogen-bond donors (Lipinski definition) is 0. The van der Waals surface area contributed by atoms with Gasteiger partial charge in [0.25, 0.3) is 0 Å². The molecule has 0 saturated heterocycles. The molecular weight excluding hydrogens is 251 g/mol. The van der Waals surface area contributed by atoms with Crippen LogP contribution < -0.4 is 0 Å². The third-order valence-electron chi connectivity index (χ3n) is 0.401. The Hall–Kier alpha value is 0.829. The van der Waals surface area contributed by atoms with Gasteiger partial charge < -0.3 is 0 Å². The second-order valence-corrected chi connectivity index (χ2v) is 0.969. The van der Waals surface area contributed by atoms with Gasteiger partial charge in [-0.25, -0.2) is 0 Å². The van der Waals surface area contributed by atoms with Gasteiger partial charge in [-0.2, -0.15) is 13.2 Å². The standard InChI is InChI=1S/C3H5F3.Se2/c1-2-3(4,5)6;1-2/h2H2,1H3;. The van der Waals surface area contributed by atoms with Gasteiger partial charge in [-0.1, -0.05) is 6.92 Å². The third-order valence-corrected chi connectivity index (χ3v) is 0.401. The van der Waals surface area contributed by atoms with Crippen LogP contribution in [0.5, 0.6) is 0 Å². The fraction of sp³-hybridized carbons (Fsp3) is 1.00. The van der Waals surface area contributed by atoms with Crippen molar-refractivity contribution in [1.82, 2.24) is 0 Å². The second-order valence-electron chi connectivity index (χ2n) is 0.969. The molecule has 0 aliphatic heterocycles. The summed E-state index contributed by atoms with van der Waals surface area (Å²) in [6.07, 6.45) is -4.69. The summed E-state index contributed by atoms with van der Waals surface area (Å²) >= 11 is 5.00. The van der Waals surface area contributed by atoms with Crippen LogP contribution in [0, 0.1) is 0 Å². The van der Waals surface area contributed by atoms with Gasteiger partial charge in [0.15, 0.2) is 0 Å². The molecule has 0 atom stereocenters. The van der Waals surface area contributed by atoms with Crippen molar-refractivity contribution in [3.63, 3.8) is 0 Å². The van der Waals surface area contributed by atoms with Crippen molar-refractivity contribution in [3.05, 3.63) is 0 Å². The van der Waals surface area contributed by atoms with Crippen molar-refractivity contribution in [3.8, 4) is 0 Å². The second kappa shape index (κ2) is 5.96. The van der Waals surface area contributed by atoms with Crippen molar-refractivity contribution < 1.29 is 13.2 Å². The molecule has 50 valence electrons. The van der Waals surface area contributed by atoms with Gasteiger partial charge in [-0.05, 0) is 0 Å². The Morgan fingerprint density at radius 1 is 1.25 bits per heavy atom. The Morgan fingerprint density at radius 2 is 1.38 bits per heavy atom. The summed E-state index contributed by atoms with van der Waals surface area (Å²) < 4.78 is 32.4. The molecule has 0 heterocycles. The molecule has 0 radical (unpaired) electrons. The van der Waals surface area contributed by atoms with Crippen LogP contribution in [0.25, 0.3) is 0 Å². The number of halogens is 3. The van der Waals surface area contributed by atoms with Crippen LogP contribution in [-0.4, -0.2) is 33.5 Å². The Morgan fingerprint density at radius 3 is 1.38 bits per heavy atom. The van der Waals surface area contributed by atoms with Crippen molar-refractivity contribution in [2.24, 2.45) is 0 Å². The van der Waals surface area contributed by atoms with E-state index >= 15 is 0 Å². The van der Waals surface area contributed by atoms with Crippen LogP contribution >= 0.6 is 0 Å². The van der Waals surface area contributed by atoms with E-state index in [9.17, 15) is 13.2 Å². The number of rotatable bonds is 0. The monoisotopic (exact) mass is 258 g/mol. The van der Waals surface area contributed by atoms with Crippen molar-refractivity contribution >= 4 is 27.3 Å². The molecule has 0 nitrogen and oxygen atoms in total. The Labute approximate surface area is 60.3 Å². The molecule has 0 amide bonds. The predicted octanol–water partition coefficient (Wildman–Crippen LogP) is 1.20. The minimum atomic E-state index is -3.96. The first-order valence-electron chi connectivity index (χ1n) is 1.79. The van der Waals surface area contributed by atoms with Crippen LogP contribution in [0.2, 0.25) is 0 Å². The van der Waals surface area contributed by atoms with E-state index in [0.717, 1.165) is 6.92 Å². The molecule has 0 aliphatic rings. The SMILES string of the molecule is CCC(F)(F)F.[Se]=[Se]. The topological polar surface area (TPSA) is 0 Å². The van der Waals surface area contributed by atoms with Gasteiger partial charge >= 0.3 is 33.5 Å². The van der Waals surface area contributed by atoms with Crippen LogP contribution in [0.4, 0.5) is 13.2 Å². The molecule has 0 N–H and O–H groups in total. The third kappa shape index (κ3) is 15.8. The quantitative estimate of drug-likeness (QED) is 0.571. The first-order chi connectivity index (χ1) is 3.56. The van der Waals surface area contributed by atoms with E-state index in [4.69, 9.17) is 0 Å². The van der Waals surface area contributed by atoms with Gasteiger partial charge in [-0.15, -0.1) is 0 Å². The molecule has 5 heteroatoms. The first-order valence-corrected chi connectivity index (χ1v) is 6.13. The van der Waals surface area contributed by atoms with E-state index in [0.29, 0.717) is 0 Å². The maximum absolute atomic E-state index is 10.8. The van der Waals surface area contributed by atoms with Gasteiger partial charge in [0.2, 0.25) is 0 Å². The molecule has 8 heavy (non-hydrogen) atoms. The van der Waals surface area contributed by atoms with E-state index in [-0.39, 0.29) is 0 Å². The fourth-order valence-corrected chi connectivity index (χ4v) is 0. The van der Waals surface area contributed by atoms with Gasteiger partial charge in [0, 0.05) is 6.42 Å². The molecule has 0 bridgehead atoms. The molecule has 0 aromatic carbocycles. The van der Waals surface area contributed by atoms with E-state index in [1.54, 1.807) is 0 Å². The fourth-order valence-electron chi connectivity index (χ4n) is 0. The first kappa shape index (κ1) is 11.6. The summed E-state index contributed by atoms with van der Waals surface area (Å²) in [6.45, 7) is 1.08. The molecule has 0 rings (SSSR count). The minimum absolute atomic E-state index is 0.729. The van der Waals surface area contributed by atoms with Gasteiger partial charge in [0.1, 0.15) is 0 Å². The average molecular weight is 256 g/mol. The Bertz CT molecular complexity index is 51.0. The zero-order chi connectivity index (χ0) is 7.21. The van der Waals surface area contributed by atoms with E-state index in [2.05, 4.69) is 27.3 Å². The van der Waals surface area contributed by atoms with Crippen LogP contribution in [-0.2, 0) is 0 Å². The van der Waals surface area contributed by atoms with Crippen molar-refractivity contribution in [2.75, 3.05) is 0 Å². The van der Waals surface area contributed by atoms with Crippen LogP contribution in [0.15, 0.2) is 0 Å². The molecule has 0 unspecified atom stereocenters. The Kier molecular flexibility index (Phi) is 8.64. The van der Waals surface area contributed by atoms with E-state index in [1.807, 2.05) is 0 Å². The zero-order valence-electron chi connectivity index (χ0n) is 4.16. The number of alkyl halides is 3. The van der Waals surface area contributed by atoms with E-state index < -0.39 is 12.6 Å². The summed E-state index contributed by atoms with van der Waals surface area (Å²) in [6, 6.07) is 0. The summed E-state index contributed by atoms with van der Waals surface area (Å²) in [7, 11) is 0.